The number of hydrogen-bond acceptors (Lipinski definition) is 4. The molecule has 1 N–H and O–H groups in total. The molecule has 0 fully saturated rings. The van der Waals surface area contributed by atoms with E-state index in [1.165, 1.54) is 29.9 Å². The lowest BCUT2D eigenvalue weighted by molar-refractivity contribution is 0.0976. The molecule has 7 heteroatoms. The molecule has 1 amide bonds. The summed E-state index contributed by atoms with van der Waals surface area (Å²) < 4.78 is 13.2. The molecule has 0 aliphatic carbocycles. The number of pyridine rings is 1. The van der Waals surface area contributed by atoms with Crippen LogP contribution < -0.4 is 10.9 Å². The van der Waals surface area contributed by atoms with Gasteiger partial charge in [0.2, 0.25) is 5.56 Å². The Balaban J connectivity index is 2.89. The van der Waals surface area contributed by atoms with Crippen LogP contribution in [0.5, 0.6) is 0 Å². The Morgan fingerprint density at radius 1 is 1.56 bits per heavy atom. The normalized spacial score (nSPS) is 11.3. The Labute approximate surface area is 95.3 Å². The minimum Gasteiger partial charge on any atom is -0.318 e. The Morgan fingerprint density at radius 2 is 2.25 bits per heavy atom. The number of carbonyl (C=O) groups is 1. The van der Waals surface area contributed by atoms with Gasteiger partial charge >= 0.3 is 0 Å². The highest BCUT2D eigenvalue weighted by Crippen LogP contribution is 1.99. The van der Waals surface area contributed by atoms with Crippen LogP contribution in [0.4, 0.5) is 4.48 Å². The Kier molecular flexibility index (Phi) is 4.24. The summed E-state index contributed by atoms with van der Waals surface area (Å²) in [4.78, 5) is 22.6. The van der Waals surface area contributed by atoms with Gasteiger partial charge in [-0.15, -0.1) is 0 Å². The molecule has 86 valence electrons. The molecule has 1 aromatic heterocycles. The van der Waals surface area contributed by atoms with E-state index in [9.17, 15) is 14.1 Å². The number of nitrogens with zero attached hydrogens (tertiary/aromatic N) is 2. The van der Waals surface area contributed by atoms with Crippen molar-refractivity contribution < 1.29 is 9.28 Å². The van der Waals surface area contributed by atoms with Gasteiger partial charge in [0.15, 0.2) is 5.17 Å². The number of amides is 1. The van der Waals surface area contributed by atoms with Gasteiger partial charge < -0.3 is 4.57 Å². The molecule has 0 aromatic carbocycles. The van der Waals surface area contributed by atoms with E-state index in [1.807, 2.05) is 0 Å². The number of thioether (sulfide) groups is 1. The summed E-state index contributed by atoms with van der Waals surface area (Å²) in [6, 6.07) is 2.63. The van der Waals surface area contributed by atoms with Crippen molar-refractivity contribution in [2.24, 2.45) is 12.3 Å². The Morgan fingerprint density at radius 3 is 2.75 bits per heavy atom. The van der Waals surface area contributed by atoms with Gasteiger partial charge in [-0.2, -0.15) is 0 Å². The van der Waals surface area contributed by atoms with Crippen LogP contribution in [0.3, 0.4) is 0 Å². The minimum absolute atomic E-state index is 0.126. The smallest absolute Gasteiger partial charge is 0.258 e. The molecular weight excluding hydrogens is 233 g/mol. The zero-order valence-electron chi connectivity index (χ0n) is 8.73. The van der Waals surface area contributed by atoms with E-state index in [0.29, 0.717) is 0 Å². The van der Waals surface area contributed by atoms with Gasteiger partial charge in [-0.1, -0.05) is 21.5 Å². The van der Waals surface area contributed by atoms with Crippen LogP contribution in [0.2, 0.25) is 0 Å². The Bertz CT molecular complexity index is 484. The summed E-state index contributed by atoms with van der Waals surface area (Å²) in [6.45, 7) is 0. The topological polar surface area (TPSA) is 63.5 Å². The molecule has 5 nitrogen and oxygen atoms in total. The van der Waals surface area contributed by atoms with Crippen LogP contribution in [-0.2, 0) is 7.05 Å². The van der Waals surface area contributed by atoms with Crippen molar-refractivity contribution in [3.8, 4) is 0 Å². The maximum absolute atomic E-state index is 12.0. The average molecular weight is 243 g/mol. The maximum atomic E-state index is 12.0. The molecule has 0 saturated carbocycles. The second kappa shape index (κ2) is 5.45. The van der Waals surface area contributed by atoms with Gasteiger partial charge in [-0.3, -0.25) is 14.9 Å². The second-order valence-corrected chi connectivity index (χ2v) is 3.71. The predicted molar refractivity (Wildman–Crippen MR) is 61.2 cm³/mol. The third kappa shape index (κ3) is 2.93. The van der Waals surface area contributed by atoms with Crippen molar-refractivity contribution >= 4 is 22.8 Å². The van der Waals surface area contributed by atoms with Crippen molar-refractivity contribution in [3.05, 3.63) is 34.2 Å². The highest BCUT2D eigenvalue weighted by molar-refractivity contribution is 8.13. The van der Waals surface area contributed by atoms with Crippen molar-refractivity contribution in [1.29, 1.82) is 0 Å². The molecular formula is C9H10FN3O2S. The average Bonchev–Trinajstić information content (AvgIpc) is 2.29. The number of halogens is 1. The fourth-order valence-electron chi connectivity index (χ4n) is 1.00. The number of aromatic nitrogens is 1. The van der Waals surface area contributed by atoms with Crippen molar-refractivity contribution in [3.63, 3.8) is 0 Å². The first-order valence-corrected chi connectivity index (χ1v) is 5.52. The van der Waals surface area contributed by atoms with E-state index < -0.39 is 5.91 Å². The van der Waals surface area contributed by atoms with Crippen LogP contribution in [0.25, 0.3) is 0 Å². The predicted octanol–water partition coefficient (Wildman–Crippen LogP) is 0.719. The lowest BCUT2D eigenvalue weighted by atomic mass is 10.2. The highest BCUT2D eigenvalue weighted by atomic mass is 32.2. The highest BCUT2D eigenvalue weighted by Gasteiger charge is 2.09. The fourth-order valence-corrected chi connectivity index (χ4v) is 1.27. The summed E-state index contributed by atoms with van der Waals surface area (Å²) in [6.07, 6.45) is 2.95. The molecule has 0 aliphatic heterocycles. The third-order valence-corrected chi connectivity index (χ3v) is 2.40. The molecule has 1 rings (SSSR count). The van der Waals surface area contributed by atoms with E-state index in [-0.39, 0.29) is 16.3 Å². The van der Waals surface area contributed by atoms with Gasteiger partial charge in [0, 0.05) is 19.3 Å². The monoisotopic (exact) mass is 243 g/mol. The summed E-state index contributed by atoms with van der Waals surface area (Å²) >= 11 is 0.975. The molecule has 0 bridgehead atoms. The molecule has 16 heavy (non-hydrogen) atoms. The number of nitrogens with one attached hydrogen (secondary N) is 1. The summed E-state index contributed by atoms with van der Waals surface area (Å²) in [7, 11) is 1.53. The van der Waals surface area contributed by atoms with Crippen molar-refractivity contribution in [2.45, 2.75) is 0 Å². The zero-order valence-corrected chi connectivity index (χ0v) is 9.55. The lowest BCUT2D eigenvalue weighted by Gasteiger charge is -2.05. The standard InChI is InChI=1S/C9H10FN3O2S/c1-13-5-6(3-4-7(13)14)8(15)11-9(12-10)16-2/h3-5H,1-2H3,(H,11,12,15). The van der Waals surface area contributed by atoms with E-state index in [1.54, 1.807) is 6.26 Å². The molecule has 0 saturated heterocycles. The van der Waals surface area contributed by atoms with Crippen molar-refractivity contribution in [2.75, 3.05) is 6.26 Å². The second-order valence-electron chi connectivity index (χ2n) is 2.91. The fraction of sp³-hybridized carbons (Fsp3) is 0.222. The zero-order chi connectivity index (χ0) is 12.1. The maximum Gasteiger partial charge on any atom is 0.258 e. The molecule has 0 unspecified atom stereocenters. The number of aryl methyl sites for hydroxylation is 1. The summed E-state index contributed by atoms with van der Waals surface area (Å²) in [5.74, 6) is -0.513. The van der Waals surface area contributed by atoms with Crippen LogP contribution in [0, 0.1) is 0 Å². The number of rotatable bonds is 1. The summed E-state index contributed by atoms with van der Waals surface area (Å²) in [5, 5.41) is 4.53. The van der Waals surface area contributed by atoms with Crippen LogP contribution in [0.15, 0.2) is 28.3 Å². The molecule has 1 heterocycles. The van der Waals surface area contributed by atoms with E-state index in [0.717, 1.165) is 11.8 Å². The number of amidine groups is 1. The van der Waals surface area contributed by atoms with E-state index in [4.69, 9.17) is 0 Å². The van der Waals surface area contributed by atoms with Gasteiger partial charge in [-0.05, 0) is 12.3 Å². The minimum atomic E-state index is -0.513. The summed E-state index contributed by atoms with van der Waals surface area (Å²) in [5.41, 5.74) is 0.0399. The van der Waals surface area contributed by atoms with E-state index in [2.05, 4.69) is 10.5 Å². The van der Waals surface area contributed by atoms with E-state index >= 15 is 0 Å². The van der Waals surface area contributed by atoms with Gasteiger partial charge in [-0.25, -0.2) is 0 Å². The van der Waals surface area contributed by atoms with Crippen LogP contribution >= 0.6 is 11.8 Å². The SMILES string of the molecule is CSC(=NF)NC(=O)c1ccc(=O)n(C)c1. The molecule has 1 aromatic rings. The number of hydrogen-bond donors (Lipinski definition) is 1. The lowest BCUT2D eigenvalue weighted by Crippen LogP contribution is -2.29. The molecule has 0 spiro atoms. The first kappa shape index (κ1) is 12.4. The van der Waals surface area contributed by atoms with Gasteiger partial charge in [0.1, 0.15) is 0 Å². The quantitative estimate of drug-likeness (QED) is 0.584. The third-order valence-electron chi connectivity index (χ3n) is 1.84. The van der Waals surface area contributed by atoms with Gasteiger partial charge in [0.25, 0.3) is 5.91 Å². The van der Waals surface area contributed by atoms with Crippen LogP contribution in [0.1, 0.15) is 10.4 Å². The van der Waals surface area contributed by atoms with Gasteiger partial charge in [0.05, 0.1) is 5.56 Å². The Hall–Kier alpha value is -1.63. The molecule has 0 atom stereocenters. The number of carbonyl (C=O) groups excluding carboxylic acids is 1. The largest absolute Gasteiger partial charge is 0.318 e. The first-order valence-electron chi connectivity index (χ1n) is 4.29. The molecule has 0 radical (unpaired) electrons. The van der Waals surface area contributed by atoms with Crippen molar-refractivity contribution in [1.82, 2.24) is 9.88 Å². The first-order chi connectivity index (χ1) is 7.58. The van der Waals surface area contributed by atoms with Crippen LogP contribution in [-0.4, -0.2) is 21.9 Å². The molecule has 0 aliphatic rings.